The summed E-state index contributed by atoms with van der Waals surface area (Å²) < 4.78 is 15.2. The van der Waals surface area contributed by atoms with Gasteiger partial charge in [0.05, 0.1) is 33.1 Å². The molecule has 0 saturated carbocycles. The Morgan fingerprint density at radius 1 is 0.970 bits per heavy atom. The number of rotatable bonds is 7. The van der Waals surface area contributed by atoms with E-state index in [1.165, 1.54) is 24.1 Å². The van der Waals surface area contributed by atoms with Crippen molar-refractivity contribution in [1.82, 2.24) is 4.90 Å². The molecule has 1 fully saturated rings. The van der Waals surface area contributed by atoms with Gasteiger partial charge in [0.2, 0.25) is 0 Å². The summed E-state index contributed by atoms with van der Waals surface area (Å²) in [5, 5.41) is 11.1. The lowest BCUT2D eigenvalue weighted by Gasteiger charge is -2.26. The maximum absolute atomic E-state index is 13.4. The number of aliphatic hydroxyl groups is 1. The zero-order chi connectivity index (χ0) is 23.8. The summed E-state index contributed by atoms with van der Waals surface area (Å²) >= 11 is 0. The van der Waals surface area contributed by atoms with Crippen LogP contribution >= 0.6 is 0 Å². The van der Waals surface area contributed by atoms with E-state index in [0.717, 1.165) is 7.11 Å². The monoisotopic (exact) mass is 452 g/mol. The van der Waals surface area contributed by atoms with Crippen LogP contribution in [0.15, 0.2) is 65.2 Å². The van der Waals surface area contributed by atoms with Crippen LogP contribution in [0.3, 0.4) is 0 Å². The second kappa shape index (κ2) is 11.1. The number of para-hydroxylation sites is 1. The topological polar surface area (TPSA) is 115 Å². The fraction of sp³-hybridized carbons (Fsp3) is 0.250. The van der Waals surface area contributed by atoms with Gasteiger partial charge in [0.1, 0.15) is 17.1 Å². The fourth-order valence-corrected chi connectivity index (χ4v) is 3.17. The quantitative estimate of drug-likeness (QED) is 0.225. The first-order valence-corrected chi connectivity index (χ1v) is 10.2. The number of Topliss-reactive ketones (excluding diaryl/α,β-unsaturated/α-hetero) is 1. The summed E-state index contributed by atoms with van der Waals surface area (Å²) in [6, 6.07) is 14.5. The fourth-order valence-electron chi connectivity index (χ4n) is 3.17. The number of carbonyl (C=O) groups is 3. The number of benzene rings is 2. The molecule has 1 aliphatic heterocycles. The van der Waals surface area contributed by atoms with E-state index in [1.807, 2.05) is 0 Å². The number of methoxy groups -OCH3 is 2. The Balaban J connectivity index is 2.17. The molecule has 0 spiro atoms. The molecular formula is C24H24N2O7. The Morgan fingerprint density at radius 2 is 1.61 bits per heavy atom. The standard InChI is InChI=1S/C24H24N2O7/c1-31-18-10-8-16(9-11-18)21(27)19(22(28)23(29)26-12-14-33-15-13-26)20(24(30)32-2)25-17-6-4-3-5-7-17/h3-11,27H,12-15H2,1-2H3. The lowest BCUT2D eigenvalue weighted by atomic mass is 9.98. The van der Waals surface area contributed by atoms with Crippen LogP contribution in [0, 0.1) is 0 Å². The molecule has 172 valence electrons. The smallest absolute Gasteiger partial charge is 0.357 e. The SMILES string of the molecule is COC(=O)C(=Nc1ccccc1)C(C(=O)C(=O)N1CCOCC1)=C(O)c1ccc(OC)cc1. The van der Waals surface area contributed by atoms with Crippen LogP contribution < -0.4 is 4.74 Å². The summed E-state index contributed by atoms with van der Waals surface area (Å²) in [5.74, 6) is -2.99. The number of hydrogen-bond acceptors (Lipinski definition) is 8. The summed E-state index contributed by atoms with van der Waals surface area (Å²) in [6.07, 6.45) is 0. The van der Waals surface area contributed by atoms with Gasteiger partial charge in [-0.1, -0.05) is 18.2 Å². The highest BCUT2D eigenvalue weighted by Crippen LogP contribution is 2.24. The Hall–Kier alpha value is -3.98. The van der Waals surface area contributed by atoms with Crippen molar-refractivity contribution in [1.29, 1.82) is 0 Å². The molecule has 0 aliphatic carbocycles. The molecule has 2 aromatic rings. The van der Waals surface area contributed by atoms with Crippen LogP contribution in [0.2, 0.25) is 0 Å². The molecule has 0 aromatic heterocycles. The van der Waals surface area contributed by atoms with E-state index in [2.05, 4.69) is 4.99 Å². The Morgan fingerprint density at radius 3 is 2.18 bits per heavy atom. The molecule has 3 rings (SSSR count). The largest absolute Gasteiger partial charge is 0.506 e. The second-order valence-electron chi connectivity index (χ2n) is 6.97. The van der Waals surface area contributed by atoms with Crippen LogP contribution in [-0.4, -0.2) is 73.9 Å². The maximum atomic E-state index is 13.4. The van der Waals surface area contributed by atoms with Gasteiger partial charge in [-0.05, 0) is 36.4 Å². The van der Waals surface area contributed by atoms with Gasteiger partial charge in [-0.25, -0.2) is 9.79 Å². The van der Waals surface area contributed by atoms with Crippen LogP contribution in [0.25, 0.3) is 5.76 Å². The molecule has 1 aliphatic rings. The van der Waals surface area contributed by atoms with Gasteiger partial charge in [-0.3, -0.25) is 9.59 Å². The molecule has 0 bridgehead atoms. The van der Waals surface area contributed by atoms with Gasteiger partial charge >= 0.3 is 5.97 Å². The number of hydrogen-bond donors (Lipinski definition) is 1. The van der Waals surface area contributed by atoms with Crippen LogP contribution in [0.5, 0.6) is 5.75 Å². The molecule has 9 heteroatoms. The summed E-state index contributed by atoms with van der Waals surface area (Å²) in [6.45, 7) is 0.990. The van der Waals surface area contributed by atoms with E-state index in [9.17, 15) is 19.5 Å². The van der Waals surface area contributed by atoms with Crippen molar-refractivity contribution in [2.24, 2.45) is 4.99 Å². The minimum absolute atomic E-state index is 0.193. The first-order chi connectivity index (χ1) is 16.0. The predicted octanol–water partition coefficient (Wildman–Crippen LogP) is 2.34. The number of ether oxygens (including phenoxy) is 3. The van der Waals surface area contributed by atoms with Crippen molar-refractivity contribution >= 4 is 34.8 Å². The number of esters is 1. The third-order valence-corrected chi connectivity index (χ3v) is 4.93. The van der Waals surface area contributed by atoms with E-state index in [4.69, 9.17) is 14.2 Å². The molecule has 9 nitrogen and oxygen atoms in total. The molecule has 1 N–H and O–H groups in total. The number of aliphatic hydroxyl groups excluding tert-OH is 1. The highest BCUT2D eigenvalue weighted by molar-refractivity contribution is 6.60. The van der Waals surface area contributed by atoms with Gasteiger partial charge in [-0.2, -0.15) is 0 Å². The van der Waals surface area contributed by atoms with Gasteiger partial charge in [0.15, 0.2) is 5.71 Å². The van der Waals surface area contributed by atoms with E-state index >= 15 is 0 Å². The van der Waals surface area contributed by atoms with E-state index in [1.54, 1.807) is 42.5 Å². The van der Waals surface area contributed by atoms with Gasteiger partial charge < -0.3 is 24.2 Å². The molecule has 1 heterocycles. The molecule has 33 heavy (non-hydrogen) atoms. The molecular weight excluding hydrogens is 428 g/mol. The number of aliphatic imine (C=N–C) groups is 1. The molecule has 0 atom stereocenters. The van der Waals surface area contributed by atoms with Crippen molar-refractivity contribution in [2.45, 2.75) is 0 Å². The number of nitrogens with zero attached hydrogens (tertiary/aromatic N) is 2. The summed E-state index contributed by atoms with van der Waals surface area (Å²) in [4.78, 5) is 44.6. The van der Waals surface area contributed by atoms with Crippen LogP contribution in [-0.2, 0) is 23.9 Å². The lowest BCUT2D eigenvalue weighted by Crippen LogP contribution is -2.45. The van der Waals surface area contributed by atoms with Crippen molar-refractivity contribution in [3.8, 4) is 5.75 Å². The van der Waals surface area contributed by atoms with Crippen molar-refractivity contribution in [2.75, 3.05) is 40.5 Å². The van der Waals surface area contributed by atoms with Gasteiger partial charge in [0, 0.05) is 18.7 Å². The minimum Gasteiger partial charge on any atom is -0.506 e. The minimum atomic E-state index is -1.08. The number of morpholine rings is 1. The zero-order valence-electron chi connectivity index (χ0n) is 18.3. The second-order valence-corrected chi connectivity index (χ2v) is 6.97. The predicted molar refractivity (Wildman–Crippen MR) is 121 cm³/mol. The van der Waals surface area contributed by atoms with E-state index in [-0.39, 0.29) is 31.9 Å². The van der Waals surface area contributed by atoms with Gasteiger partial charge in [-0.15, -0.1) is 0 Å². The van der Waals surface area contributed by atoms with Crippen molar-refractivity contribution < 1.29 is 33.7 Å². The zero-order valence-corrected chi connectivity index (χ0v) is 18.3. The molecule has 0 radical (unpaired) electrons. The average molecular weight is 452 g/mol. The number of ketones is 1. The van der Waals surface area contributed by atoms with E-state index in [0.29, 0.717) is 11.4 Å². The number of amides is 1. The maximum Gasteiger partial charge on any atom is 0.357 e. The van der Waals surface area contributed by atoms with Crippen LogP contribution in [0.4, 0.5) is 5.69 Å². The number of carbonyl (C=O) groups excluding carboxylic acids is 3. The highest BCUT2D eigenvalue weighted by atomic mass is 16.5. The van der Waals surface area contributed by atoms with Crippen LogP contribution in [0.1, 0.15) is 5.56 Å². The Bertz CT molecular complexity index is 1070. The lowest BCUT2D eigenvalue weighted by molar-refractivity contribution is -0.145. The molecule has 0 unspecified atom stereocenters. The first kappa shape index (κ1) is 23.7. The Kier molecular flexibility index (Phi) is 7.93. The third kappa shape index (κ3) is 5.64. The molecule has 2 aromatic carbocycles. The van der Waals surface area contributed by atoms with Crippen molar-refractivity contribution in [3.05, 3.63) is 65.7 Å². The average Bonchev–Trinajstić information content (AvgIpc) is 2.88. The third-order valence-electron chi connectivity index (χ3n) is 4.93. The molecule has 1 amide bonds. The highest BCUT2D eigenvalue weighted by Gasteiger charge is 2.35. The first-order valence-electron chi connectivity index (χ1n) is 10.2. The normalized spacial score (nSPS) is 14.8. The van der Waals surface area contributed by atoms with E-state index < -0.39 is 34.7 Å². The Labute approximate surface area is 190 Å². The molecule has 1 saturated heterocycles. The summed E-state index contributed by atoms with van der Waals surface area (Å²) in [5.41, 5.74) is -0.501. The summed E-state index contributed by atoms with van der Waals surface area (Å²) in [7, 11) is 2.61. The van der Waals surface area contributed by atoms with Gasteiger partial charge in [0.25, 0.3) is 11.7 Å². The van der Waals surface area contributed by atoms with Crippen molar-refractivity contribution in [3.63, 3.8) is 0 Å².